The van der Waals surface area contributed by atoms with Crippen LogP contribution in [0.2, 0.25) is 0 Å². The third kappa shape index (κ3) is 11.5. The number of amides is 2. The van der Waals surface area contributed by atoms with Crippen molar-refractivity contribution in [3.63, 3.8) is 0 Å². The van der Waals surface area contributed by atoms with Crippen molar-refractivity contribution in [1.82, 2.24) is 9.80 Å². The molecule has 7 nitrogen and oxygen atoms in total. The normalized spacial score (nSPS) is 10.5. The van der Waals surface area contributed by atoms with Crippen molar-refractivity contribution in [2.24, 2.45) is 0 Å². The molecule has 2 aromatic rings. The Morgan fingerprint density at radius 3 is 1.03 bits per heavy atom. The number of aryl methyl sites for hydroxylation is 6. The fourth-order valence-corrected chi connectivity index (χ4v) is 4.41. The van der Waals surface area contributed by atoms with Crippen LogP contribution in [0.5, 0.6) is 0 Å². The van der Waals surface area contributed by atoms with E-state index in [0.29, 0.717) is 13.1 Å². The number of anilines is 2. The molecule has 0 heterocycles. The Bertz CT molecular complexity index is 884. The maximum atomic E-state index is 12.0. The number of nitrogens with zero attached hydrogens (tertiary/aromatic N) is 2. The monoisotopic (exact) mass is 514 g/mol. The molecule has 7 heteroatoms. The molecule has 0 fully saturated rings. The van der Waals surface area contributed by atoms with Crippen molar-refractivity contribution in [2.75, 3.05) is 49.9 Å². The van der Waals surface area contributed by atoms with Gasteiger partial charge in [-0.15, -0.1) is 0 Å². The third-order valence-corrected chi connectivity index (χ3v) is 6.41. The van der Waals surface area contributed by atoms with Crippen LogP contribution < -0.4 is 10.6 Å². The average Bonchev–Trinajstić information content (AvgIpc) is 2.81. The summed E-state index contributed by atoms with van der Waals surface area (Å²) >= 11 is 0. The van der Waals surface area contributed by atoms with Gasteiger partial charge in [0.2, 0.25) is 11.8 Å². The van der Waals surface area contributed by atoms with E-state index in [1.807, 2.05) is 27.7 Å². The summed E-state index contributed by atoms with van der Waals surface area (Å²) in [6, 6.07) is 8.39. The van der Waals surface area contributed by atoms with Crippen molar-refractivity contribution < 1.29 is 15.1 Å². The highest BCUT2D eigenvalue weighted by atomic mass is 16.2. The minimum atomic E-state index is 0. The van der Waals surface area contributed by atoms with Gasteiger partial charge in [-0.25, -0.2) is 0 Å². The van der Waals surface area contributed by atoms with E-state index in [4.69, 9.17) is 0 Å². The number of benzene rings is 2. The Hall–Kier alpha value is -2.74. The highest BCUT2D eigenvalue weighted by Gasteiger charge is 2.12. The van der Waals surface area contributed by atoms with Gasteiger partial charge < -0.3 is 16.1 Å². The molecule has 0 aliphatic carbocycles. The summed E-state index contributed by atoms with van der Waals surface area (Å²) in [6.07, 6.45) is 0. The second kappa shape index (κ2) is 16.9. The largest absolute Gasteiger partial charge is 0.412 e. The van der Waals surface area contributed by atoms with Gasteiger partial charge in [-0.1, -0.05) is 63.1 Å². The first-order chi connectivity index (χ1) is 16.9. The van der Waals surface area contributed by atoms with E-state index in [1.165, 1.54) is 11.1 Å². The number of hydrogen-bond acceptors (Lipinski definition) is 4. The van der Waals surface area contributed by atoms with Gasteiger partial charge in [-0.3, -0.25) is 19.4 Å². The molecule has 0 saturated heterocycles. The fourth-order valence-electron chi connectivity index (χ4n) is 4.41. The Balaban J connectivity index is 0.000000682. The molecule has 4 N–H and O–H groups in total. The van der Waals surface area contributed by atoms with Crippen LogP contribution in [-0.2, 0) is 9.59 Å². The van der Waals surface area contributed by atoms with Crippen LogP contribution in [0.15, 0.2) is 24.3 Å². The average molecular weight is 515 g/mol. The van der Waals surface area contributed by atoms with Crippen molar-refractivity contribution in [3.8, 4) is 0 Å². The first-order valence-corrected chi connectivity index (χ1v) is 13.2. The first kappa shape index (κ1) is 34.3. The van der Waals surface area contributed by atoms with Gasteiger partial charge in [-0.2, -0.15) is 0 Å². The molecule has 0 radical (unpaired) electrons. The zero-order chi connectivity index (χ0) is 27.4. The molecular weight excluding hydrogens is 464 g/mol. The van der Waals surface area contributed by atoms with Gasteiger partial charge in [-0.05, 0) is 90.0 Å². The number of likely N-dealkylation sites (N-methyl/N-ethyl adjacent to an activating group) is 2. The van der Waals surface area contributed by atoms with Crippen molar-refractivity contribution >= 4 is 23.2 Å². The second-order valence-electron chi connectivity index (χ2n) is 9.57. The third-order valence-electron chi connectivity index (χ3n) is 6.41. The summed E-state index contributed by atoms with van der Waals surface area (Å²) in [6.45, 7) is 25.1. The van der Waals surface area contributed by atoms with Gasteiger partial charge in [0.25, 0.3) is 0 Å². The lowest BCUT2D eigenvalue weighted by atomic mass is 10.1. The van der Waals surface area contributed by atoms with E-state index in [0.717, 1.165) is 59.8 Å². The molecule has 2 rings (SSSR count). The summed E-state index contributed by atoms with van der Waals surface area (Å²) in [7, 11) is 0. The summed E-state index contributed by atoms with van der Waals surface area (Å²) < 4.78 is 0. The number of hydrogen-bond donors (Lipinski definition) is 2. The number of carbonyl (C=O) groups excluding carboxylic acids is 2. The molecule has 0 saturated carbocycles. The van der Waals surface area contributed by atoms with Crippen LogP contribution in [0.25, 0.3) is 0 Å². The smallest absolute Gasteiger partial charge is 0.238 e. The minimum absolute atomic E-state index is 0. The van der Waals surface area contributed by atoms with E-state index in [-0.39, 0.29) is 17.3 Å². The Morgan fingerprint density at radius 2 is 0.811 bits per heavy atom. The molecule has 0 aliphatic heterocycles. The molecule has 0 atom stereocenters. The molecule has 2 aromatic carbocycles. The molecular formula is C30H50N4O3. The molecule has 37 heavy (non-hydrogen) atoms. The van der Waals surface area contributed by atoms with E-state index in [2.05, 4.69) is 86.2 Å². The predicted molar refractivity (Wildman–Crippen MR) is 158 cm³/mol. The van der Waals surface area contributed by atoms with Gasteiger partial charge in [0.05, 0.1) is 13.1 Å². The summed E-state index contributed by atoms with van der Waals surface area (Å²) in [5.74, 6) is 0.127. The molecule has 0 spiro atoms. The van der Waals surface area contributed by atoms with E-state index < -0.39 is 0 Å². The van der Waals surface area contributed by atoms with Crippen LogP contribution in [0.4, 0.5) is 11.4 Å². The van der Waals surface area contributed by atoms with Crippen molar-refractivity contribution in [3.05, 3.63) is 57.6 Å². The number of rotatable bonds is 10. The van der Waals surface area contributed by atoms with Gasteiger partial charge in [0.15, 0.2) is 0 Å². The van der Waals surface area contributed by atoms with Crippen LogP contribution in [0, 0.1) is 41.5 Å². The SMILES string of the molecule is CCN(CC)CC(=O)Nc1c(C)cc(C)cc1C.CCN(CC)CC(=O)Nc1c(C)cc(C)cc1C.O. The predicted octanol–water partition coefficient (Wildman–Crippen LogP) is 4.96. The number of nitrogens with one attached hydrogen (secondary N) is 2. The fraction of sp³-hybridized carbons (Fsp3) is 0.533. The van der Waals surface area contributed by atoms with Gasteiger partial charge >= 0.3 is 0 Å². The van der Waals surface area contributed by atoms with E-state index in [9.17, 15) is 9.59 Å². The van der Waals surface area contributed by atoms with Gasteiger partial charge in [0, 0.05) is 11.4 Å². The molecule has 0 unspecified atom stereocenters. The van der Waals surface area contributed by atoms with Crippen LogP contribution >= 0.6 is 0 Å². The van der Waals surface area contributed by atoms with Crippen molar-refractivity contribution in [1.29, 1.82) is 0 Å². The lowest BCUT2D eigenvalue weighted by Gasteiger charge is -2.19. The van der Waals surface area contributed by atoms with Crippen LogP contribution in [0.1, 0.15) is 61.1 Å². The van der Waals surface area contributed by atoms with E-state index in [1.54, 1.807) is 0 Å². The topological polar surface area (TPSA) is 96.2 Å². The lowest BCUT2D eigenvalue weighted by Crippen LogP contribution is -2.33. The second-order valence-corrected chi connectivity index (χ2v) is 9.57. The Labute approximate surface area is 224 Å². The maximum absolute atomic E-state index is 12.0. The number of carbonyl (C=O) groups is 2. The molecule has 0 aromatic heterocycles. The molecule has 0 bridgehead atoms. The summed E-state index contributed by atoms with van der Waals surface area (Å²) in [5, 5.41) is 6.05. The highest BCUT2D eigenvalue weighted by molar-refractivity contribution is 5.94. The molecule has 208 valence electrons. The maximum Gasteiger partial charge on any atom is 0.238 e. The zero-order valence-corrected chi connectivity index (χ0v) is 24.8. The van der Waals surface area contributed by atoms with Gasteiger partial charge in [0.1, 0.15) is 0 Å². The highest BCUT2D eigenvalue weighted by Crippen LogP contribution is 2.22. The van der Waals surface area contributed by atoms with E-state index >= 15 is 0 Å². The lowest BCUT2D eigenvalue weighted by molar-refractivity contribution is -0.118. The first-order valence-electron chi connectivity index (χ1n) is 13.2. The Morgan fingerprint density at radius 1 is 0.568 bits per heavy atom. The minimum Gasteiger partial charge on any atom is -0.412 e. The summed E-state index contributed by atoms with van der Waals surface area (Å²) in [4.78, 5) is 28.2. The molecule has 2 amide bonds. The molecule has 0 aliphatic rings. The zero-order valence-electron chi connectivity index (χ0n) is 24.8. The quantitative estimate of drug-likeness (QED) is 0.468. The van der Waals surface area contributed by atoms with Crippen molar-refractivity contribution in [2.45, 2.75) is 69.2 Å². The Kier molecular flexibility index (Phi) is 15.6. The summed E-state index contributed by atoms with van der Waals surface area (Å²) in [5.41, 5.74) is 8.87. The van der Waals surface area contributed by atoms with Crippen LogP contribution in [0.3, 0.4) is 0 Å². The standard InChI is InChI=1S/2C15H24N2O.H2O/c2*1-6-17(7-2)10-14(18)16-15-12(4)8-11(3)9-13(15)5;/h2*8-9H,6-7,10H2,1-5H3,(H,16,18);1H2. The van der Waals surface area contributed by atoms with Crippen LogP contribution in [-0.4, -0.2) is 66.4 Å².